The number of ether oxygens (including phenoxy) is 2. The van der Waals surface area contributed by atoms with Crippen molar-refractivity contribution in [3.8, 4) is 11.5 Å². The van der Waals surface area contributed by atoms with Crippen molar-refractivity contribution in [1.82, 2.24) is 4.72 Å². The fourth-order valence-corrected chi connectivity index (χ4v) is 3.28. The first-order valence-corrected chi connectivity index (χ1v) is 9.60. The Labute approximate surface area is 153 Å². The molecule has 0 unspecified atom stereocenters. The molecule has 0 aromatic heterocycles. The molecule has 2 aromatic carbocycles. The molecule has 0 atom stereocenters. The maximum Gasteiger partial charge on any atom is 0.240 e. The molecule has 0 fully saturated rings. The van der Waals surface area contributed by atoms with Gasteiger partial charge in [0.15, 0.2) is 11.5 Å². The molecule has 0 aliphatic carbocycles. The molecule has 0 saturated carbocycles. The molecule has 0 radical (unpaired) electrons. The Morgan fingerprint density at radius 1 is 1.08 bits per heavy atom. The number of anilines is 1. The summed E-state index contributed by atoms with van der Waals surface area (Å²) in [6.07, 6.45) is 0.00158. The fourth-order valence-electron chi connectivity index (χ4n) is 2.23. The van der Waals surface area contributed by atoms with Gasteiger partial charge in [-0.1, -0.05) is 18.2 Å². The largest absolute Gasteiger partial charge is 0.493 e. The third kappa shape index (κ3) is 5.47. The van der Waals surface area contributed by atoms with Gasteiger partial charge in [-0.2, -0.15) is 0 Å². The summed E-state index contributed by atoms with van der Waals surface area (Å²) in [5.74, 6) is 0.782. The minimum atomic E-state index is -3.62. The van der Waals surface area contributed by atoms with Crippen LogP contribution in [-0.2, 0) is 14.8 Å². The number of nitrogens with one attached hydrogen (secondary N) is 2. The van der Waals surface area contributed by atoms with Gasteiger partial charge in [-0.05, 0) is 31.2 Å². The van der Waals surface area contributed by atoms with Crippen molar-refractivity contribution < 1.29 is 22.7 Å². The molecular formula is C18H22N2O5S. The van der Waals surface area contributed by atoms with Crippen LogP contribution in [0.25, 0.3) is 0 Å². The summed E-state index contributed by atoms with van der Waals surface area (Å²) >= 11 is 0. The van der Waals surface area contributed by atoms with E-state index in [1.165, 1.54) is 19.2 Å². The van der Waals surface area contributed by atoms with E-state index in [0.29, 0.717) is 23.8 Å². The lowest BCUT2D eigenvalue weighted by atomic mass is 10.2. The molecule has 8 heteroatoms. The number of methoxy groups -OCH3 is 1. The van der Waals surface area contributed by atoms with Gasteiger partial charge in [0.1, 0.15) is 0 Å². The van der Waals surface area contributed by atoms with Crippen molar-refractivity contribution in [2.24, 2.45) is 0 Å². The molecule has 2 N–H and O–H groups in total. The van der Waals surface area contributed by atoms with Gasteiger partial charge in [0.05, 0.1) is 18.6 Å². The highest BCUT2D eigenvalue weighted by Crippen LogP contribution is 2.30. The Balaban J connectivity index is 1.89. The summed E-state index contributed by atoms with van der Waals surface area (Å²) in [4.78, 5) is 12.2. The third-order valence-corrected chi connectivity index (χ3v) is 4.92. The number of carbonyl (C=O) groups is 1. The van der Waals surface area contributed by atoms with Crippen molar-refractivity contribution in [2.75, 3.05) is 25.6 Å². The zero-order valence-corrected chi connectivity index (χ0v) is 15.5. The molecule has 7 nitrogen and oxygen atoms in total. The maximum atomic E-state index is 12.1. The molecule has 26 heavy (non-hydrogen) atoms. The number of rotatable bonds is 9. The summed E-state index contributed by atoms with van der Waals surface area (Å²) < 4.78 is 37.2. The Morgan fingerprint density at radius 3 is 2.46 bits per heavy atom. The number of carbonyl (C=O) groups excluding carboxylic acids is 1. The van der Waals surface area contributed by atoms with E-state index < -0.39 is 10.0 Å². The topological polar surface area (TPSA) is 93.7 Å². The summed E-state index contributed by atoms with van der Waals surface area (Å²) in [5.41, 5.74) is 0.543. The number of hydrogen-bond acceptors (Lipinski definition) is 5. The smallest absolute Gasteiger partial charge is 0.240 e. The van der Waals surface area contributed by atoms with E-state index in [-0.39, 0.29) is 23.8 Å². The minimum absolute atomic E-state index is 0.00158. The quantitative estimate of drug-likeness (QED) is 0.699. The van der Waals surface area contributed by atoms with Crippen LogP contribution in [-0.4, -0.2) is 34.6 Å². The Hall–Kier alpha value is -2.58. The van der Waals surface area contributed by atoms with Crippen molar-refractivity contribution in [3.63, 3.8) is 0 Å². The van der Waals surface area contributed by atoms with Crippen LogP contribution in [0, 0.1) is 0 Å². The fraction of sp³-hybridized carbons (Fsp3) is 0.278. The third-order valence-electron chi connectivity index (χ3n) is 3.44. The van der Waals surface area contributed by atoms with Crippen LogP contribution in [0.3, 0.4) is 0 Å². The van der Waals surface area contributed by atoms with Crippen LogP contribution >= 0.6 is 0 Å². The second-order valence-electron chi connectivity index (χ2n) is 5.31. The van der Waals surface area contributed by atoms with Crippen LogP contribution in [0.15, 0.2) is 53.4 Å². The first-order valence-electron chi connectivity index (χ1n) is 8.11. The average molecular weight is 378 g/mol. The predicted octanol–water partition coefficient (Wildman–Crippen LogP) is 2.40. The van der Waals surface area contributed by atoms with E-state index in [9.17, 15) is 13.2 Å². The number of benzene rings is 2. The van der Waals surface area contributed by atoms with E-state index in [0.717, 1.165) is 0 Å². The highest BCUT2D eigenvalue weighted by atomic mass is 32.2. The lowest BCUT2D eigenvalue weighted by Crippen LogP contribution is -2.27. The molecule has 0 saturated heterocycles. The molecule has 0 spiro atoms. The molecular weight excluding hydrogens is 356 g/mol. The Morgan fingerprint density at radius 2 is 1.81 bits per heavy atom. The van der Waals surface area contributed by atoms with Gasteiger partial charge >= 0.3 is 0 Å². The van der Waals surface area contributed by atoms with Gasteiger partial charge in [-0.3, -0.25) is 4.79 Å². The monoisotopic (exact) mass is 378 g/mol. The number of hydrogen-bond donors (Lipinski definition) is 2. The average Bonchev–Trinajstić information content (AvgIpc) is 2.63. The zero-order valence-electron chi connectivity index (χ0n) is 14.7. The highest BCUT2D eigenvalue weighted by Gasteiger charge is 2.14. The normalized spacial score (nSPS) is 11.0. The summed E-state index contributed by atoms with van der Waals surface area (Å²) in [5, 5.41) is 2.70. The van der Waals surface area contributed by atoms with Crippen LogP contribution < -0.4 is 19.5 Å². The zero-order chi connectivity index (χ0) is 19.0. The van der Waals surface area contributed by atoms with Gasteiger partial charge in [-0.15, -0.1) is 0 Å². The van der Waals surface area contributed by atoms with Gasteiger partial charge in [0.25, 0.3) is 0 Å². The van der Waals surface area contributed by atoms with Crippen LogP contribution in [0.4, 0.5) is 5.69 Å². The van der Waals surface area contributed by atoms with Gasteiger partial charge in [-0.25, -0.2) is 13.1 Å². The molecule has 0 heterocycles. The van der Waals surface area contributed by atoms with Gasteiger partial charge in [0.2, 0.25) is 15.9 Å². The lowest BCUT2D eigenvalue weighted by Gasteiger charge is -2.12. The second-order valence-corrected chi connectivity index (χ2v) is 7.07. The highest BCUT2D eigenvalue weighted by molar-refractivity contribution is 7.89. The first kappa shape index (κ1) is 19.7. The maximum absolute atomic E-state index is 12.1. The summed E-state index contributed by atoms with van der Waals surface area (Å²) in [6.45, 7) is 2.37. The van der Waals surface area contributed by atoms with Crippen LogP contribution in [0.2, 0.25) is 0 Å². The number of sulfonamides is 1. The van der Waals surface area contributed by atoms with Crippen molar-refractivity contribution in [1.29, 1.82) is 0 Å². The summed E-state index contributed by atoms with van der Waals surface area (Å²) in [6, 6.07) is 13.1. The van der Waals surface area contributed by atoms with E-state index in [1.807, 2.05) is 6.92 Å². The van der Waals surface area contributed by atoms with E-state index in [1.54, 1.807) is 36.4 Å². The van der Waals surface area contributed by atoms with E-state index in [4.69, 9.17) is 9.47 Å². The second kappa shape index (κ2) is 9.21. The summed E-state index contributed by atoms with van der Waals surface area (Å²) in [7, 11) is -2.10. The van der Waals surface area contributed by atoms with Crippen molar-refractivity contribution in [3.05, 3.63) is 48.5 Å². The first-order chi connectivity index (χ1) is 12.5. The molecule has 140 valence electrons. The predicted molar refractivity (Wildman–Crippen MR) is 99.0 cm³/mol. The van der Waals surface area contributed by atoms with E-state index >= 15 is 0 Å². The molecule has 0 aliphatic heterocycles. The number of amides is 1. The lowest BCUT2D eigenvalue weighted by molar-refractivity contribution is -0.116. The van der Waals surface area contributed by atoms with Crippen molar-refractivity contribution in [2.45, 2.75) is 18.2 Å². The molecule has 1 amide bonds. The van der Waals surface area contributed by atoms with E-state index in [2.05, 4.69) is 10.0 Å². The van der Waals surface area contributed by atoms with Crippen LogP contribution in [0.5, 0.6) is 11.5 Å². The van der Waals surface area contributed by atoms with Crippen LogP contribution in [0.1, 0.15) is 13.3 Å². The Bertz CT molecular complexity index is 838. The SMILES string of the molecule is CCOc1ccc(NC(=O)CCNS(=O)(=O)c2ccccc2)cc1OC. The molecule has 2 rings (SSSR count). The van der Waals surface area contributed by atoms with Crippen molar-refractivity contribution >= 4 is 21.6 Å². The Kier molecular flexibility index (Phi) is 6.99. The minimum Gasteiger partial charge on any atom is -0.493 e. The van der Waals surface area contributed by atoms with Gasteiger partial charge in [0, 0.05) is 24.7 Å². The standard InChI is InChI=1S/C18H22N2O5S/c1-3-25-16-10-9-14(13-17(16)24-2)20-18(21)11-12-19-26(22,23)15-7-5-4-6-8-15/h4-10,13,19H,3,11-12H2,1-2H3,(H,20,21). The molecule has 0 bridgehead atoms. The molecule has 2 aromatic rings. The van der Waals surface area contributed by atoms with Gasteiger partial charge < -0.3 is 14.8 Å². The molecule has 0 aliphatic rings.